The molecule has 0 aromatic heterocycles. The normalized spacial score (nSPS) is 49.0. The monoisotopic (exact) mass is 322 g/mol. The number of nitrogens with zero attached hydrogens (tertiary/aromatic N) is 1. The lowest BCUT2D eigenvalue weighted by Gasteiger charge is -2.55. The summed E-state index contributed by atoms with van der Waals surface area (Å²) in [5.41, 5.74) is 0. The number of piperidine rings is 3. The molecule has 4 atom stereocenters. The van der Waals surface area contributed by atoms with Crippen molar-refractivity contribution in [2.45, 2.75) is 31.7 Å². The number of rotatable bonds is 0. The number of hydrogen-bond donors (Lipinski definition) is 1. The molecule has 2 bridgehead atoms. The van der Waals surface area contributed by atoms with Crippen molar-refractivity contribution in [3.63, 3.8) is 0 Å². The molecule has 0 spiro atoms. The quantitative estimate of drug-likeness (QED) is 0.411. The van der Waals surface area contributed by atoms with Gasteiger partial charge in [0.25, 0.3) is 0 Å². The van der Waals surface area contributed by atoms with Crippen LogP contribution in [0.5, 0.6) is 0 Å². The molecule has 3 heteroatoms. The lowest BCUT2D eigenvalue weighted by molar-refractivity contribution is -0.950. The molecular formula is C12H23IN2. The van der Waals surface area contributed by atoms with Crippen LogP contribution in [-0.4, -0.2) is 43.8 Å². The van der Waals surface area contributed by atoms with E-state index < -0.39 is 0 Å². The molecule has 3 saturated heterocycles. The molecule has 3 heterocycles. The summed E-state index contributed by atoms with van der Waals surface area (Å²) < 4.78 is 1.41. The van der Waals surface area contributed by atoms with Crippen molar-refractivity contribution < 1.29 is 28.5 Å². The average Bonchev–Trinajstić information content (AvgIpc) is 2.17. The Balaban J connectivity index is 0.000000853. The first-order valence-corrected chi connectivity index (χ1v) is 6.33. The third kappa shape index (κ3) is 2.07. The summed E-state index contributed by atoms with van der Waals surface area (Å²) in [6.45, 7) is 5.50. The molecule has 0 aromatic carbocycles. The fourth-order valence-electron chi connectivity index (χ4n) is 4.37. The fourth-order valence-corrected chi connectivity index (χ4v) is 4.37. The van der Waals surface area contributed by atoms with Crippen molar-refractivity contribution in [3.8, 4) is 0 Å². The Morgan fingerprint density at radius 1 is 1.20 bits per heavy atom. The van der Waals surface area contributed by atoms with Gasteiger partial charge in [-0.1, -0.05) is 0 Å². The van der Waals surface area contributed by atoms with Crippen LogP contribution in [0.15, 0.2) is 0 Å². The van der Waals surface area contributed by atoms with Crippen molar-refractivity contribution in [2.24, 2.45) is 11.8 Å². The summed E-state index contributed by atoms with van der Waals surface area (Å²) in [4.78, 5) is 0. The van der Waals surface area contributed by atoms with Crippen molar-refractivity contribution in [2.75, 3.05) is 33.2 Å². The lowest BCUT2D eigenvalue weighted by atomic mass is 9.75. The van der Waals surface area contributed by atoms with Gasteiger partial charge in [0.05, 0.1) is 26.2 Å². The van der Waals surface area contributed by atoms with Gasteiger partial charge in [-0.25, -0.2) is 0 Å². The highest BCUT2D eigenvalue weighted by atomic mass is 127. The Kier molecular flexibility index (Phi) is 3.63. The van der Waals surface area contributed by atoms with E-state index in [0.29, 0.717) is 0 Å². The molecule has 3 aliphatic heterocycles. The largest absolute Gasteiger partial charge is 1.00 e. The zero-order valence-corrected chi connectivity index (χ0v) is 11.9. The second-order valence-corrected chi connectivity index (χ2v) is 5.97. The van der Waals surface area contributed by atoms with E-state index in [1.807, 2.05) is 0 Å². The van der Waals surface area contributed by atoms with Gasteiger partial charge in [-0.2, -0.15) is 0 Å². The first-order valence-electron chi connectivity index (χ1n) is 6.33. The zero-order chi connectivity index (χ0) is 9.60. The van der Waals surface area contributed by atoms with Crippen LogP contribution >= 0.6 is 0 Å². The zero-order valence-electron chi connectivity index (χ0n) is 9.71. The summed E-state index contributed by atoms with van der Waals surface area (Å²) in [7, 11) is 2.52. The maximum absolute atomic E-state index is 3.63. The molecule has 3 fully saturated rings. The van der Waals surface area contributed by atoms with Crippen LogP contribution in [0.1, 0.15) is 25.7 Å². The second-order valence-electron chi connectivity index (χ2n) is 5.97. The molecular weight excluding hydrogens is 299 g/mol. The predicted molar refractivity (Wildman–Crippen MR) is 58.0 cm³/mol. The third-order valence-corrected chi connectivity index (χ3v) is 4.91. The molecule has 0 amide bonds. The number of quaternary nitrogens is 1. The van der Waals surface area contributed by atoms with Gasteiger partial charge in [-0.15, -0.1) is 0 Å². The van der Waals surface area contributed by atoms with Gasteiger partial charge < -0.3 is 33.8 Å². The van der Waals surface area contributed by atoms with Crippen LogP contribution in [0.2, 0.25) is 0 Å². The topological polar surface area (TPSA) is 12.0 Å². The van der Waals surface area contributed by atoms with E-state index >= 15 is 0 Å². The van der Waals surface area contributed by atoms with E-state index in [4.69, 9.17) is 0 Å². The highest BCUT2D eigenvalue weighted by Gasteiger charge is 2.48. The van der Waals surface area contributed by atoms with Crippen molar-refractivity contribution in [1.29, 1.82) is 0 Å². The predicted octanol–water partition coefficient (Wildman–Crippen LogP) is -1.77. The smallest absolute Gasteiger partial charge is 0.0929 e. The van der Waals surface area contributed by atoms with Gasteiger partial charge in [-0.05, 0) is 25.7 Å². The second kappa shape index (κ2) is 4.49. The number of halogens is 1. The van der Waals surface area contributed by atoms with Crippen LogP contribution in [0.3, 0.4) is 0 Å². The minimum absolute atomic E-state index is 0. The Labute approximate surface area is 110 Å². The fraction of sp³-hybridized carbons (Fsp3) is 1.00. The standard InChI is InChI=1S/C12H23N2.HI/c1-14-5-3-2-4-12(14)11-6-10(9-14)7-13-8-11;/h10-13H,2-9H2,1H3;1H/q+1;/p-1. The number of nitrogens with one attached hydrogen (secondary N) is 1. The Morgan fingerprint density at radius 2 is 2.07 bits per heavy atom. The minimum Gasteiger partial charge on any atom is -1.00 e. The SMILES string of the molecule is C[N+]12CCCCC1C1CNCC(C1)C2.[I-]. The lowest BCUT2D eigenvalue weighted by Crippen LogP contribution is -3.00. The van der Waals surface area contributed by atoms with Gasteiger partial charge in [-0.3, -0.25) is 0 Å². The first-order chi connectivity index (χ1) is 6.78. The third-order valence-electron chi connectivity index (χ3n) is 4.91. The molecule has 2 nitrogen and oxygen atoms in total. The molecule has 3 aliphatic rings. The van der Waals surface area contributed by atoms with E-state index in [1.165, 1.54) is 56.3 Å². The van der Waals surface area contributed by atoms with Crippen LogP contribution in [0, 0.1) is 11.8 Å². The summed E-state index contributed by atoms with van der Waals surface area (Å²) >= 11 is 0. The molecule has 4 unspecified atom stereocenters. The van der Waals surface area contributed by atoms with E-state index in [-0.39, 0.29) is 24.0 Å². The maximum Gasteiger partial charge on any atom is 0.0929 e. The van der Waals surface area contributed by atoms with E-state index in [1.54, 1.807) is 0 Å². The van der Waals surface area contributed by atoms with Crippen molar-refractivity contribution in [1.82, 2.24) is 5.32 Å². The molecule has 88 valence electrons. The van der Waals surface area contributed by atoms with Gasteiger partial charge in [0.1, 0.15) is 0 Å². The van der Waals surface area contributed by atoms with Gasteiger partial charge in [0.15, 0.2) is 0 Å². The summed E-state index contributed by atoms with van der Waals surface area (Å²) in [5, 5.41) is 3.63. The number of hydrogen-bond acceptors (Lipinski definition) is 1. The summed E-state index contributed by atoms with van der Waals surface area (Å²) in [6.07, 6.45) is 5.97. The molecule has 0 radical (unpaired) electrons. The highest BCUT2D eigenvalue weighted by Crippen LogP contribution is 2.39. The van der Waals surface area contributed by atoms with E-state index in [9.17, 15) is 0 Å². The molecule has 15 heavy (non-hydrogen) atoms. The molecule has 1 N–H and O–H groups in total. The minimum atomic E-state index is 0. The van der Waals surface area contributed by atoms with Gasteiger partial charge in [0, 0.05) is 24.9 Å². The number of fused-ring (bicyclic) bond motifs is 4. The molecule has 0 aliphatic carbocycles. The first kappa shape index (κ1) is 12.1. The van der Waals surface area contributed by atoms with Gasteiger partial charge in [0.2, 0.25) is 0 Å². The molecule has 0 saturated carbocycles. The van der Waals surface area contributed by atoms with Crippen molar-refractivity contribution >= 4 is 0 Å². The van der Waals surface area contributed by atoms with E-state index in [2.05, 4.69) is 12.4 Å². The average molecular weight is 322 g/mol. The van der Waals surface area contributed by atoms with Crippen molar-refractivity contribution in [3.05, 3.63) is 0 Å². The Hall–Kier alpha value is 0.650. The van der Waals surface area contributed by atoms with E-state index in [0.717, 1.165) is 17.9 Å². The Bertz CT molecular complexity index is 234. The van der Waals surface area contributed by atoms with Crippen LogP contribution in [0.4, 0.5) is 0 Å². The highest BCUT2D eigenvalue weighted by molar-refractivity contribution is 4.87. The van der Waals surface area contributed by atoms with Crippen LogP contribution in [0.25, 0.3) is 0 Å². The van der Waals surface area contributed by atoms with Crippen LogP contribution < -0.4 is 29.3 Å². The molecule has 3 rings (SSSR count). The molecule has 0 aromatic rings. The summed E-state index contributed by atoms with van der Waals surface area (Å²) in [6, 6.07) is 0.993. The van der Waals surface area contributed by atoms with Crippen LogP contribution in [-0.2, 0) is 0 Å². The maximum atomic E-state index is 3.63. The van der Waals surface area contributed by atoms with Gasteiger partial charge >= 0.3 is 0 Å². The Morgan fingerprint density at radius 3 is 2.93 bits per heavy atom. The summed E-state index contributed by atoms with van der Waals surface area (Å²) in [5.74, 6) is 1.97.